The van der Waals surface area contributed by atoms with Gasteiger partial charge in [0.1, 0.15) is 12.4 Å². The molecule has 4 rings (SSSR count). The van der Waals surface area contributed by atoms with Crippen molar-refractivity contribution in [2.75, 3.05) is 0 Å². The van der Waals surface area contributed by atoms with Crippen LogP contribution in [-0.2, 0) is 11.4 Å². The lowest BCUT2D eigenvalue weighted by Gasteiger charge is -2.38. The fourth-order valence-electron chi connectivity index (χ4n) is 4.47. The standard InChI is InChI=1S/C27H29N3O4/c1-18-11-13-27(14-12-18,16-25(31)30-33)29-26(32)20-7-9-22(10-8-20)34-17-21-15-19(2)28-24-6-4-3-5-23(21)24/h3-10,15,33H,1,11-14,16-17H2,2H3,(H,29,32)(H,30,31). The molecular formula is C27H29N3O4. The second-order valence-corrected chi connectivity index (χ2v) is 8.95. The van der Waals surface area contributed by atoms with Gasteiger partial charge in [-0.05, 0) is 69.0 Å². The number of para-hydroxylation sites is 1. The zero-order valence-electron chi connectivity index (χ0n) is 19.3. The van der Waals surface area contributed by atoms with Crippen molar-refractivity contribution < 1.29 is 19.5 Å². The number of carbonyl (C=O) groups excluding carboxylic acids is 2. The first-order chi connectivity index (χ1) is 16.4. The maximum atomic E-state index is 13.0. The summed E-state index contributed by atoms with van der Waals surface area (Å²) < 4.78 is 5.99. The predicted molar refractivity (Wildman–Crippen MR) is 130 cm³/mol. The third-order valence-electron chi connectivity index (χ3n) is 6.36. The second-order valence-electron chi connectivity index (χ2n) is 8.95. The molecular weight excluding hydrogens is 430 g/mol. The maximum absolute atomic E-state index is 13.0. The van der Waals surface area contributed by atoms with Crippen molar-refractivity contribution in [3.05, 3.63) is 83.6 Å². The van der Waals surface area contributed by atoms with E-state index >= 15 is 0 Å². The van der Waals surface area contributed by atoms with Crippen molar-refractivity contribution in [1.82, 2.24) is 15.8 Å². The third kappa shape index (κ3) is 5.43. The third-order valence-corrected chi connectivity index (χ3v) is 6.36. The number of hydrogen-bond acceptors (Lipinski definition) is 5. The quantitative estimate of drug-likeness (QED) is 0.272. The van der Waals surface area contributed by atoms with Gasteiger partial charge in [-0.25, -0.2) is 5.48 Å². The molecule has 2 amide bonds. The van der Waals surface area contributed by atoms with Gasteiger partial charge in [0.05, 0.1) is 11.9 Å². The number of nitrogens with one attached hydrogen (secondary N) is 2. The van der Waals surface area contributed by atoms with Crippen LogP contribution >= 0.6 is 0 Å². The lowest BCUT2D eigenvalue weighted by molar-refractivity contribution is -0.130. The van der Waals surface area contributed by atoms with Crippen LogP contribution in [0.3, 0.4) is 0 Å². The maximum Gasteiger partial charge on any atom is 0.251 e. The first kappa shape index (κ1) is 23.4. The molecule has 7 nitrogen and oxygen atoms in total. The van der Waals surface area contributed by atoms with Gasteiger partial charge in [0.2, 0.25) is 5.91 Å². The number of hydroxylamine groups is 1. The zero-order chi connectivity index (χ0) is 24.1. The highest BCUT2D eigenvalue weighted by Crippen LogP contribution is 2.34. The number of benzene rings is 2. The predicted octanol–water partition coefficient (Wildman–Crippen LogP) is 4.62. The first-order valence-electron chi connectivity index (χ1n) is 11.4. The van der Waals surface area contributed by atoms with Crippen LogP contribution in [0.1, 0.15) is 53.7 Å². The molecule has 0 aliphatic heterocycles. The lowest BCUT2D eigenvalue weighted by Crippen LogP contribution is -2.52. The fourth-order valence-corrected chi connectivity index (χ4v) is 4.47. The van der Waals surface area contributed by atoms with Gasteiger partial charge in [0, 0.05) is 27.7 Å². The topological polar surface area (TPSA) is 101 Å². The van der Waals surface area contributed by atoms with E-state index in [2.05, 4.69) is 16.9 Å². The van der Waals surface area contributed by atoms with Crippen molar-refractivity contribution in [1.29, 1.82) is 0 Å². The number of rotatable bonds is 7. The SMILES string of the molecule is C=C1CCC(CC(=O)NO)(NC(=O)c2ccc(OCc3cc(C)nc4ccccc34)cc2)CC1. The summed E-state index contributed by atoms with van der Waals surface area (Å²) in [6, 6.07) is 16.9. The first-order valence-corrected chi connectivity index (χ1v) is 11.4. The summed E-state index contributed by atoms with van der Waals surface area (Å²) in [5, 5.41) is 13.1. The Labute approximate surface area is 198 Å². The Balaban J connectivity index is 1.43. The molecule has 7 heteroatoms. The molecule has 0 atom stereocenters. The molecule has 176 valence electrons. The van der Waals surface area contributed by atoms with E-state index in [0.29, 0.717) is 30.8 Å². The fraction of sp³-hybridized carbons (Fsp3) is 0.296. The van der Waals surface area contributed by atoms with Crippen LogP contribution in [0.25, 0.3) is 10.9 Å². The highest BCUT2D eigenvalue weighted by atomic mass is 16.5. The number of fused-ring (bicyclic) bond motifs is 1. The van der Waals surface area contributed by atoms with Crippen molar-refractivity contribution in [3.63, 3.8) is 0 Å². The van der Waals surface area contributed by atoms with Crippen molar-refractivity contribution in [3.8, 4) is 5.75 Å². The summed E-state index contributed by atoms with van der Waals surface area (Å²) in [5.74, 6) is -0.130. The van der Waals surface area contributed by atoms with Gasteiger partial charge in [-0.3, -0.25) is 19.8 Å². The molecule has 3 aromatic rings. The molecule has 1 aliphatic rings. The largest absolute Gasteiger partial charge is 0.489 e. The molecule has 0 unspecified atom stereocenters. The number of hydrogen-bond donors (Lipinski definition) is 3. The summed E-state index contributed by atoms with van der Waals surface area (Å²) >= 11 is 0. The summed E-state index contributed by atoms with van der Waals surface area (Å²) in [6.45, 7) is 6.36. The molecule has 1 aliphatic carbocycles. The van der Waals surface area contributed by atoms with Crippen LogP contribution in [0, 0.1) is 6.92 Å². The molecule has 34 heavy (non-hydrogen) atoms. The van der Waals surface area contributed by atoms with Crippen LogP contribution in [0.2, 0.25) is 0 Å². The van der Waals surface area contributed by atoms with Gasteiger partial charge < -0.3 is 10.1 Å². The number of allylic oxidation sites excluding steroid dienone is 1. The van der Waals surface area contributed by atoms with E-state index in [1.54, 1.807) is 29.7 Å². The Morgan fingerprint density at radius 3 is 2.53 bits per heavy atom. The van der Waals surface area contributed by atoms with E-state index in [-0.39, 0.29) is 12.3 Å². The average Bonchev–Trinajstić information content (AvgIpc) is 2.84. The van der Waals surface area contributed by atoms with Gasteiger partial charge in [-0.1, -0.05) is 30.4 Å². The smallest absolute Gasteiger partial charge is 0.251 e. The van der Waals surface area contributed by atoms with E-state index in [1.165, 1.54) is 0 Å². The number of ether oxygens (including phenoxy) is 1. The van der Waals surface area contributed by atoms with Crippen LogP contribution in [0.15, 0.2) is 66.7 Å². The Morgan fingerprint density at radius 2 is 1.82 bits per heavy atom. The summed E-state index contributed by atoms with van der Waals surface area (Å²) in [7, 11) is 0. The molecule has 0 spiro atoms. The van der Waals surface area contributed by atoms with Gasteiger partial charge in [-0.15, -0.1) is 0 Å². The van der Waals surface area contributed by atoms with Gasteiger partial charge >= 0.3 is 0 Å². The van der Waals surface area contributed by atoms with E-state index < -0.39 is 11.4 Å². The molecule has 0 radical (unpaired) electrons. The molecule has 1 saturated carbocycles. The van der Waals surface area contributed by atoms with Gasteiger partial charge in [0.25, 0.3) is 5.91 Å². The molecule has 2 aromatic carbocycles. The second kappa shape index (κ2) is 10.1. The lowest BCUT2D eigenvalue weighted by atomic mass is 9.77. The van der Waals surface area contributed by atoms with E-state index in [0.717, 1.165) is 40.6 Å². The van der Waals surface area contributed by atoms with Gasteiger partial charge in [0.15, 0.2) is 0 Å². The van der Waals surface area contributed by atoms with Crippen molar-refractivity contribution in [2.45, 2.75) is 51.2 Å². The molecule has 0 bridgehead atoms. The zero-order valence-corrected chi connectivity index (χ0v) is 19.3. The summed E-state index contributed by atoms with van der Waals surface area (Å²) in [5.41, 5.74) is 5.46. The van der Waals surface area contributed by atoms with Gasteiger partial charge in [-0.2, -0.15) is 0 Å². The van der Waals surface area contributed by atoms with Crippen LogP contribution < -0.4 is 15.5 Å². The molecule has 1 fully saturated rings. The molecule has 0 saturated heterocycles. The number of amides is 2. The van der Waals surface area contributed by atoms with E-state index in [1.807, 2.05) is 37.3 Å². The van der Waals surface area contributed by atoms with Crippen LogP contribution in [0.4, 0.5) is 0 Å². The molecule has 1 aromatic heterocycles. The Hall–Kier alpha value is -3.71. The summed E-state index contributed by atoms with van der Waals surface area (Å²) in [6.07, 6.45) is 2.68. The van der Waals surface area contributed by atoms with E-state index in [4.69, 9.17) is 9.94 Å². The molecule has 3 N–H and O–H groups in total. The van der Waals surface area contributed by atoms with E-state index in [9.17, 15) is 9.59 Å². The number of aryl methyl sites for hydroxylation is 1. The number of pyridine rings is 1. The summed E-state index contributed by atoms with van der Waals surface area (Å²) in [4.78, 5) is 29.4. The monoisotopic (exact) mass is 459 g/mol. The Morgan fingerprint density at radius 1 is 1.12 bits per heavy atom. The normalized spacial score (nSPS) is 15.1. The highest BCUT2D eigenvalue weighted by molar-refractivity contribution is 5.95. The van der Waals surface area contributed by atoms with Crippen LogP contribution in [-0.4, -0.2) is 27.5 Å². The number of carbonyl (C=O) groups is 2. The van der Waals surface area contributed by atoms with Crippen molar-refractivity contribution in [2.24, 2.45) is 0 Å². The average molecular weight is 460 g/mol. The minimum atomic E-state index is -0.708. The highest BCUT2D eigenvalue weighted by Gasteiger charge is 2.36. The number of nitrogens with zero attached hydrogens (tertiary/aromatic N) is 1. The van der Waals surface area contributed by atoms with Crippen molar-refractivity contribution >= 4 is 22.7 Å². The minimum absolute atomic E-state index is 0.0169. The van der Waals surface area contributed by atoms with Crippen LogP contribution in [0.5, 0.6) is 5.75 Å². The molecule has 1 heterocycles. The minimum Gasteiger partial charge on any atom is -0.489 e. The Kier molecular flexibility index (Phi) is 6.93. The number of aromatic nitrogens is 1. The Bertz CT molecular complexity index is 1210.